The van der Waals surface area contributed by atoms with Gasteiger partial charge >= 0.3 is 5.97 Å². The fraction of sp³-hybridized carbons (Fsp3) is 0.143. The molecule has 2 aromatic carbocycles. The van der Waals surface area contributed by atoms with Crippen molar-refractivity contribution in [3.63, 3.8) is 0 Å². The molecule has 0 aliphatic heterocycles. The number of nitrogens with zero attached hydrogens (tertiary/aromatic N) is 1. The molecule has 6 heteroatoms. The minimum absolute atomic E-state index is 0.172. The Labute approximate surface area is 156 Å². The maximum absolute atomic E-state index is 11.7. The van der Waals surface area contributed by atoms with Gasteiger partial charge in [0.15, 0.2) is 11.5 Å². The van der Waals surface area contributed by atoms with Crippen LogP contribution in [0.1, 0.15) is 21.6 Å². The number of hydrogen-bond acceptors (Lipinski definition) is 5. The van der Waals surface area contributed by atoms with Crippen molar-refractivity contribution < 1.29 is 24.1 Å². The highest BCUT2D eigenvalue weighted by atomic mass is 16.5. The van der Waals surface area contributed by atoms with Gasteiger partial charge in [0.2, 0.25) is 0 Å². The molecule has 0 atom stereocenters. The third-order valence-electron chi connectivity index (χ3n) is 4.12. The van der Waals surface area contributed by atoms with Gasteiger partial charge in [-0.15, -0.1) is 0 Å². The van der Waals surface area contributed by atoms with Crippen LogP contribution in [-0.2, 0) is 0 Å². The third-order valence-corrected chi connectivity index (χ3v) is 4.12. The van der Waals surface area contributed by atoms with Gasteiger partial charge < -0.3 is 19.3 Å². The van der Waals surface area contributed by atoms with E-state index in [-0.39, 0.29) is 5.56 Å². The molecule has 0 aliphatic rings. The monoisotopic (exact) mass is 365 g/mol. The van der Waals surface area contributed by atoms with Gasteiger partial charge in [-0.1, -0.05) is 12.1 Å². The van der Waals surface area contributed by atoms with Crippen LogP contribution in [0.4, 0.5) is 0 Å². The topological polar surface area (TPSA) is 77.9 Å². The Morgan fingerprint density at radius 2 is 1.70 bits per heavy atom. The first-order chi connectivity index (χ1) is 13.0. The second-order valence-corrected chi connectivity index (χ2v) is 5.73. The minimum Gasteiger partial charge on any atom is -0.497 e. The average Bonchev–Trinajstić information content (AvgIpc) is 2.70. The second-order valence-electron chi connectivity index (χ2n) is 5.73. The molecule has 0 radical (unpaired) electrons. The van der Waals surface area contributed by atoms with Crippen molar-refractivity contribution in [1.82, 2.24) is 4.98 Å². The van der Waals surface area contributed by atoms with Crippen LogP contribution in [0.25, 0.3) is 23.1 Å². The fourth-order valence-corrected chi connectivity index (χ4v) is 2.75. The Bertz CT molecular complexity index is 1030. The van der Waals surface area contributed by atoms with E-state index in [0.29, 0.717) is 33.8 Å². The molecule has 3 rings (SSSR count). The number of fused-ring (bicyclic) bond motifs is 1. The molecule has 6 nitrogen and oxygen atoms in total. The first kappa shape index (κ1) is 18.3. The van der Waals surface area contributed by atoms with Gasteiger partial charge in [-0.25, -0.2) is 9.78 Å². The molecule has 0 amide bonds. The van der Waals surface area contributed by atoms with Gasteiger partial charge in [-0.3, -0.25) is 0 Å². The summed E-state index contributed by atoms with van der Waals surface area (Å²) in [5.41, 5.74) is 2.18. The number of aromatic carboxylic acids is 1. The number of rotatable bonds is 6. The Balaban J connectivity index is 2.02. The van der Waals surface area contributed by atoms with Crippen molar-refractivity contribution in [2.45, 2.75) is 0 Å². The first-order valence-corrected chi connectivity index (χ1v) is 8.18. The normalized spacial score (nSPS) is 10.9. The predicted octanol–water partition coefficient (Wildman–Crippen LogP) is 4.13. The van der Waals surface area contributed by atoms with Crippen LogP contribution < -0.4 is 14.2 Å². The molecule has 1 heterocycles. The highest BCUT2D eigenvalue weighted by Gasteiger charge is 2.12. The van der Waals surface area contributed by atoms with Crippen LogP contribution >= 0.6 is 0 Å². The average molecular weight is 365 g/mol. The number of methoxy groups -OCH3 is 3. The number of benzene rings is 2. The standard InChI is InChI=1S/C21H19NO5/c1-25-15-7-8-18-16(12-15)17(21(23)24)11-14(22-18)6-4-13-5-9-19(26-2)20(10-13)27-3/h4-12H,1-3H3,(H,23,24). The van der Waals surface area contributed by atoms with Gasteiger partial charge in [-0.05, 0) is 48.0 Å². The van der Waals surface area contributed by atoms with E-state index < -0.39 is 5.97 Å². The largest absolute Gasteiger partial charge is 0.497 e. The SMILES string of the molecule is COc1ccc2nc(C=Cc3ccc(OC)c(OC)c3)cc(C(=O)O)c2c1. The van der Waals surface area contributed by atoms with E-state index in [1.807, 2.05) is 18.2 Å². The molecule has 0 unspecified atom stereocenters. The molecule has 1 aromatic heterocycles. The van der Waals surface area contributed by atoms with Crippen molar-refractivity contribution in [2.75, 3.05) is 21.3 Å². The van der Waals surface area contributed by atoms with Crippen molar-refractivity contribution >= 4 is 29.0 Å². The van der Waals surface area contributed by atoms with E-state index >= 15 is 0 Å². The molecule has 27 heavy (non-hydrogen) atoms. The van der Waals surface area contributed by atoms with Gasteiger partial charge in [-0.2, -0.15) is 0 Å². The number of aromatic nitrogens is 1. The summed E-state index contributed by atoms with van der Waals surface area (Å²) < 4.78 is 15.7. The summed E-state index contributed by atoms with van der Waals surface area (Å²) in [7, 11) is 4.69. The zero-order chi connectivity index (χ0) is 19.4. The van der Waals surface area contributed by atoms with E-state index in [2.05, 4.69) is 4.98 Å². The van der Waals surface area contributed by atoms with Gasteiger partial charge in [0.1, 0.15) is 5.75 Å². The number of pyridine rings is 1. The summed E-state index contributed by atoms with van der Waals surface area (Å²) >= 11 is 0. The maximum atomic E-state index is 11.7. The fourth-order valence-electron chi connectivity index (χ4n) is 2.75. The summed E-state index contributed by atoms with van der Waals surface area (Å²) in [5.74, 6) is 0.821. The minimum atomic E-state index is -1.02. The zero-order valence-corrected chi connectivity index (χ0v) is 15.2. The molecule has 0 saturated carbocycles. The van der Waals surface area contributed by atoms with Crippen LogP contribution in [0.5, 0.6) is 17.2 Å². The van der Waals surface area contributed by atoms with E-state index in [1.54, 1.807) is 50.6 Å². The van der Waals surface area contributed by atoms with Crippen molar-refractivity contribution in [2.24, 2.45) is 0 Å². The molecule has 1 N–H and O–H groups in total. The van der Waals surface area contributed by atoms with E-state index in [9.17, 15) is 9.90 Å². The van der Waals surface area contributed by atoms with Gasteiger partial charge in [0.05, 0.1) is 38.1 Å². The third kappa shape index (κ3) is 3.84. The van der Waals surface area contributed by atoms with E-state index in [1.165, 1.54) is 7.11 Å². The van der Waals surface area contributed by atoms with E-state index in [0.717, 1.165) is 5.56 Å². The number of carboxylic acids is 1. The van der Waals surface area contributed by atoms with Crippen LogP contribution in [0.3, 0.4) is 0 Å². The molecule has 3 aromatic rings. The quantitative estimate of drug-likeness (QED) is 0.708. The van der Waals surface area contributed by atoms with E-state index in [4.69, 9.17) is 14.2 Å². The molecule has 138 valence electrons. The van der Waals surface area contributed by atoms with Crippen molar-refractivity contribution in [1.29, 1.82) is 0 Å². The lowest BCUT2D eigenvalue weighted by molar-refractivity contribution is 0.0699. The number of hydrogen-bond donors (Lipinski definition) is 1. The number of carboxylic acid groups (broad SMARTS) is 1. The lowest BCUT2D eigenvalue weighted by Crippen LogP contribution is -2.00. The van der Waals surface area contributed by atoms with Crippen LogP contribution in [0.2, 0.25) is 0 Å². The predicted molar refractivity (Wildman–Crippen MR) is 104 cm³/mol. The van der Waals surface area contributed by atoms with Gasteiger partial charge in [0, 0.05) is 5.39 Å². The zero-order valence-electron chi connectivity index (χ0n) is 15.2. The summed E-state index contributed by atoms with van der Waals surface area (Å²) in [6, 6.07) is 12.2. The molecule has 0 aliphatic carbocycles. The second kappa shape index (κ2) is 7.78. The molecule has 0 saturated heterocycles. The van der Waals surface area contributed by atoms with Crippen LogP contribution in [-0.4, -0.2) is 37.4 Å². The molecule has 0 spiro atoms. The summed E-state index contributed by atoms with van der Waals surface area (Å²) in [6.07, 6.45) is 3.60. The van der Waals surface area contributed by atoms with Crippen LogP contribution in [0.15, 0.2) is 42.5 Å². The molecule has 0 fully saturated rings. The lowest BCUT2D eigenvalue weighted by atomic mass is 10.1. The number of carbonyl (C=O) groups is 1. The Kier molecular flexibility index (Phi) is 5.26. The Morgan fingerprint density at radius 3 is 2.37 bits per heavy atom. The van der Waals surface area contributed by atoms with Crippen LogP contribution in [0, 0.1) is 0 Å². The van der Waals surface area contributed by atoms with Crippen molar-refractivity contribution in [3.8, 4) is 17.2 Å². The Hall–Kier alpha value is -3.54. The maximum Gasteiger partial charge on any atom is 0.336 e. The summed E-state index contributed by atoms with van der Waals surface area (Å²) in [5, 5.41) is 10.1. The number of ether oxygens (including phenoxy) is 3. The van der Waals surface area contributed by atoms with Crippen molar-refractivity contribution in [3.05, 3.63) is 59.3 Å². The molecular weight excluding hydrogens is 346 g/mol. The summed E-state index contributed by atoms with van der Waals surface area (Å²) in [4.78, 5) is 16.2. The Morgan fingerprint density at radius 1 is 0.926 bits per heavy atom. The summed E-state index contributed by atoms with van der Waals surface area (Å²) in [6.45, 7) is 0. The highest BCUT2D eigenvalue weighted by Crippen LogP contribution is 2.29. The lowest BCUT2D eigenvalue weighted by Gasteiger charge is -2.08. The molecular formula is C21H19NO5. The molecule has 0 bridgehead atoms. The first-order valence-electron chi connectivity index (χ1n) is 8.18. The smallest absolute Gasteiger partial charge is 0.336 e. The highest BCUT2D eigenvalue weighted by molar-refractivity contribution is 6.03. The van der Waals surface area contributed by atoms with Gasteiger partial charge in [0.25, 0.3) is 0 Å².